The number of hydrogen-bond donors (Lipinski definition) is 1. The van der Waals surface area contributed by atoms with E-state index in [1.165, 1.54) is 16.7 Å². The van der Waals surface area contributed by atoms with Gasteiger partial charge in [0.1, 0.15) is 0 Å². The molecule has 0 spiro atoms. The molecule has 0 radical (unpaired) electrons. The minimum atomic E-state index is 0.282. The summed E-state index contributed by atoms with van der Waals surface area (Å²) in [6.45, 7) is 6.43. The molecule has 0 saturated heterocycles. The maximum Gasteiger partial charge on any atom is 0.0485 e. The SMILES string of the molecule is Cc1cc(C)cc(C(C)Nc2ccc(Cl)cc2)c1. The van der Waals surface area contributed by atoms with E-state index in [-0.39, 0.29) is 6.04 Å². The highest BCUT2D eigenvalue weighted by molar-refractivity contribution is 6.30. The Morgan fingerprint density at radius 3 is 2.06 bits per heavy atom. The number of halogens is 1. The van der Waals surface area contributed by atoms with Gasteiger partial charge in [-0.2, -0.15) is 0 Å². The summed E-state index contributed by atoms with van der Waals surface area (Å²) in [6.07, 6.45) is 0. The van der Waals surface area contributed by atoms with Crippen LogP contribution in [0, 0.1) is 13.8 Å². The van der Waals surface area contributed by atoms with Gasteiger partial charge in [0.15, 0.2) is 0 Å². The molecule has 1 nitrogen and oxygen atoms in total. The summed E-state index contributed by atoms with van der Waals surface area (Å²) in [4.78, 5) is 0. The van der Waals surface area contributed by atoms with Crippen LogP contribution in [0.4, 0.5) is 5.69 Å². The number of anilines is 1. The molecule has 94 valence electrons. The lowest BCUT2D eigenvalue weighted by molar-refractivity contribution is 0.881. The minimum Gasteiger partial charge on any atom is -0.379 e. The van der Waals surface area contributed by atoms with E-state index in [1.807, 2.05) is 24.3 Å². The highest BCUT2D eigenvalue weighted by Gasteiger charge is 2.06. The molecule has 2 aromatic carbocycles. The molecule has 0 amide bonds. The number of hydrogen-bond acceptors (Lipinski definition) is 1. The molecule has 18 heavy (non-hydrogen) atoms. The van der Waals surface area contributed by atoms with Gasteiger partial charge in [-0.1, -0.05) is 40.9 Å². The smallest absolute Gasteiger partial charge is 0.0485 e. The molecule has 0 saturated carbocycles. The third kappa shape index (κ3) is 3.27. The van der Waals surface area contributed by atoms with Crippen molar-refractivity contribution in [2.75, 3.05) is 5.32 Å². The van der Waals surface area contributed by atoms with Gasteiger partial charge in [0.05, 0.1) is 0 Å². The largest absolute Gasteiger partial charge is 0.379 e. The molecule has 1 N–H and O–H groups in total. The van der Waals surface area contributed by atoms with E-state index >= 15 is 0 Å². The average Bonchev–Trinajstić information content (AvgIpc) is 2.31. The van der Waals surface area contributed by atoms with Crippen LogP contribution >= 0.6 is 11.6 Å². The fraction of sp³-hybridized carbons (Fsp3) is 0.250. The Balaban J connectivity index is 2.16. The van der Waals surface area contributed by atoms with Crippen LogP contribution in [-0.2, 0) is 0 Å². The lowest BCUT2D eigenvalue weighted by Gasteiger charge is -2.17. The van der Waals surface area contributed by atoms with Crippen LogP contribution in [0.3, 0.4) is 0 Å². The van der Waals surface area contributed by atoms with Gasteiger partial charge in [0, 0.05) is 16.8 Å². The fourth-order valence-corrected chi connectivity index (χ4v) is 2.27. The molecule has 0 bridgehead atoms. The maximum atomic E-state index is 5.88. The molecular formula is C16H18ClN. The van der Waals surface area contributed by atoms with Crippen molar-refractivity contribution in [1.82, 2.24) is 0 Å². The summed E-state index contributed by atoms with van der Waals surface area (Å²) >= 11 is 5.88. The highest BCUT2D eigenvalue weighted by Crippen LogP contribution is 2.22. The van der Waals surface area contributed by atoms with Crippen molar-refractivity contribution in [1.29, 1.82) is 0 Å². The maximum absolute atomic E-state index is 5.88. The number of benzene rings is 2. The lowest BCUT2D eigenvalue weighted by atomic mass is 10.0. The van der Waals surface area contributed by atoms with E-state index in [0.717, 1.165) is 10.7 Å². The Morgan fingerprint density at radius 1 is 0.944 bits per heavy atom. The molecule has 0 heterocycles. The van der Waals surface area contributed by atoms with Gasteiger partial charge in [0.2, 0.25) is 0 Å². The Hall–Kier alpha value is -1.47. The molecule has 0 aliphatic heterocycles. The van der Waals surface area contributed by atoms with Crippen LogP contribution < -0.4 is 5.32 Å². The van der Waals surface area contributed by atoms with Crippen molar-refractivity contribution < 1.29 is 0 Å². The summed E-state index contributed by atoms with van der Waals surface area (Å²) < 4.78 is 0. The third-order valence-corrected chi connectivity index (χ3v) is 3.22. The Bertz CT molecular complexity index is 511. The van der Waals surface area contributed by atoms with Gasteiger partial charge in [-0.05, 0) is 50.6 Å². The second-order valence-corrected chi connectivity index (χ2v) is 5.23. The first-order chi connectivity index (χ1) is 8.54. The number of nitrogens with one attached hydrogen (secondary N) is 1. The van der Waals surface area contributed by atoms with Crippen LogP contribution in [0.5, 0.6) is 0 Å². The van der Waals surface area contributed by atoms with Gasteiger partial charge < -0.3 is 5.32 Å². The van der Waals surface area contributed by atoms with Crippen molar-refractivity contribution >= 4 is 17.3 Å². The van der Waals surface area contributed by atoms with Gasteiger partial charge in [-0.3, -0.25) is 0 Å². The average molecular weight is 260 g/mol. The zero-order valence-corrected chi connectivity index (χ0v) is 11.8. The van der Waals surface area contributed by atoms with Crippen LogP contribution in [0.15, 0.2) is 42.5 Å². The van der Waals surface area contributed by atoms with Crippen molar-refractivity contribution in [3.05, 3.63) is 64.2 Å². The number of rotatable bonds is 3. The van der Waals surface area contributed by atoms with Crippen molar-refractivity contribution in [2.45, 2.75) is 26.8 Å². The van der Waals surface area contributed by atoms with Gasteiger partial charge in [-0.15, -0.1) is 0 Å². The molecule has 0 aliphatic carbocycles. The monoisotopic (exact) mass is 259 g/mol. The standard InChI is InChI=1S/C16H18ClN/c1-11-8-12(2)10-14(9-11)13(3)18-16-6-4-15(17)5-7-16/h4-10,13,18H,1-3H3. The lowest BCUT2D eigenvalue weighted by Crippen LogP contribution is -2.07. The van der Waals surface area contributed by atoms with Crippen molar-refractivity contribution in [3.8, 4) is 0 Å². The quantitative estimate of drug-likeness (QED) is 0.806. The Morgan fingerprint density at radius 2 is 1.50 bits per heavy atom. The van der Waals surface area contributed by atoms with Gasteiger partial charge in [-0.25, -0.2) is 0 Å². The van der Waals surface area contributed by atoms with Crippen molar-refractivity contribution in [3.63, 3.8) is 0 Å². The zero-order valence-electron chi connectivity index (χ0n) is 11.0. The predicted octanol–water partition coefficient (Wildman–Crippen LogP) is 5.13. The van der Waals surface area contributed by atoms with Crippen LogP contribution in [0.25, 0.3) is 0 Å². The first kappa shape index (κ1) is 13.0. The van der Waals surface area contributed by atoms with E-state index in [2.05, 4.69) is 44.3 Å². The zero-order chi connectivity index (χ0) is 13.1. The topological polar surface area (TPSA) is 12.0 Å². The van der Waals surface area contributed by atoms with Gasteiger partial charge >= 0.3 is 0 Å². The molecule has 0 aromatic heterocycles. The predicted molar refractivity (Wildman–Crippen MR) is 79.4 cm³/mol. The first-order valence-corrected chi connectivity index (χ1v) is 6.53. The molecule has 2 rings (SSSR count). The summed E-state index contributed by atoms with van der Waals surface area (Å²) in [6, 6.07) is 14.7. The van der Waals surface area contributed by atoms with E-state index < -0.39 is 0 Å². The molecule has 2 heteroatoms. The first-order valence-electron chi connectivity index (χ1n) is 6.15. The molecule has 2 aromatic rings. The number of aryl methyl sites for hydroxylation is 2. The Kier molecular flexibility index (Phi) is 3.93. The molecule has 1 unspecified atom stereocenters. The van der Waals surface area contributed by atoms with Crippen LogP contribution in [0.1, 0.15) is 29.7 Å². The third-order valence-electron chi connectivity index (χ3n) is 2.97. The molecular weight excluding hydrogens is 242 g/mol. The summed E-state index contributed by atoms with van der Waals surface area (Å²) in [5.41, 5.74) is 5.00. The van der Waals surface area contributed by atoms with E-state index in [1.54, 1.807) is 0 Å². The Labute approximate surface area is 114 Å². The second kappa shape index (κ2) is 5.45. The summed E-state index contributed by atoms with van der Waals surface area (Å²) in [7, 11) is 0. The van der Waals surface area contributed by atoms with Crippen LogP contribution in [-0.4, -0.2) is 0 Å². The van der Waals surface area contributed by atoms with E-state index in [9.17, 15) is 0 Å². The fourth-order valence-electron chi connectivity index (χ4n) is 2.14. The van der Waals surface area contributed by atoms with Gasteiger partial charge in [0.25, 0.3) is 0 Å². The van der Waals surface area contributed by atoms with Crippen molar-refractivity contribution in [2.24, 2.45) is 0 Å². The second-order valence-electron chi connectivity index (χ2n) is 4.79. The normalized spacial score (nSPS) is 12.2. The molecule has 1 atom stereocenters. The van der Waals surface area contributed by atoms with E-state index in [4.69, 9.17) is 11.6 Å². The van der Waals surface area contributed by atoms with Crippen LogP contribution in [0.2, 0.25) is 5.02 Å². The van der Waals surface area contributed by atoms with E-state index in [0.29, 0.717) is 0 Å². The minimum absolute atomic E-state index is 0.282. The highest BCUT2D eigenvalue weighted by atomic mass is 35.5. The summed E-state index contributed by atoms with van der Waals surface area (Å²) in [5, 5.41) is 4.24. The molecule has 0 fully saturated rings. The summed E-state index contributed by atoms with van der Waals surface area (Å²) in [5.74, 6) is 0. The molecule has 0 aliphatic rings.